The molecule has 3 heterocycles. The van der Waals surface area contributed by atoms with Crippen molar-refractivity contribution in [3.63, 3.8) is 0 Å². The van der Waals surface area contributed by atoms with E-state index in [1.54, 1.807) is 23.6 Å². The third kappa shape index (κ3) is 3.16. The summed E-state index contributed by atoms with van der Waals surface area (Å²) in [6.45, 7) is 1.82. The molecule has 0 bridgehead atoms. The topological polar surface area (TPSA) is 61.0 Å². The standard InChI is InChI=1S/C15H20N4OS/c1-19-8-2-4-11(14(19)13-5-3-9-21-13)10-16-15(20)12-6-7-17-18-12/h3,5-7,9,11,14H,2,4,8,10H2,1H3,(H,16,20)(H,17,18)/t11-,14-/m1/s1. The van der Waals surface area contributed by atoms with Gasteiger partial charge in [0, 0.05) is 23.7 Å². The van der Waals surface area contributed by atoms with Crippen molar-refractivity contribution in [2.45, 2.75) is 18.9 Å². The van der Waals surface area contributed by atoms with Crippen LogP contribution in [0.4, 0.5) is 0 Å². The van der Waals surface area contributed by atoms with Crippen LogP contribution in [-0.4, -0.2) is 41.1 Å². The van der Waals surface area contributed by atoms with Gasteiger partial charge in [0.15, 0.2) is 0 Å². The lowest BCUT2D eigenvalue weighted by Gasteiger charge is -2.38. The Bertz CT molecular complexity index is 567. The second-order valence-electron chi connectivity index (χ2n) is 5.52. The van der Waals surface area contributed by atoms with Crippen LogP contribution >= 0.6 is 11.3 Å². The third-order valence-electron chi connectivity index (χ3n) is 4.11. The van der Waals surface area contributed by atoms with Gasteiger partial charge in [-0.2, -0.15) is 5.10 Å². The van der Waals surface area contributed by atoms with Crippen molar-refractivity contribution in [2.24, 2.45) is 5.92 Å². The predicted octanol–water partition coefficient (Wildman–Crippen LogP) is 2.28. The van der Waals surface area contributed by atoms with Crippen molar-refractivity contribution in [2.75, 3.05) is 20.1 Å². The lowest BCUT2D eigenvalue weighted by atomic mass is 9.88. The number of aromatic nitrogens is 2. The van der Waals surface area contributed by atoms with Crippen LogP contribution in [0.2, 0.25) is 0 Å². The van der Waals surface area contributed by atoms with E-state index < -0.39 is 0 Å². The van der Waals surface area contributed by atoms with Gasteiger partial charge in [-0.05, 0) is 49.9 Å². The summed E-state index contributed by atoms with van der Waals surface area (Å²) in [6.07, 6.45) is 3.93. The quantitative estimate of drug-likeness (QED) is 0.911. The van der Waals surface area contributed by atoms with E-state index in [0.717, 1.165) is 13.0 Å². The maximum Gasteiger partial charge on any atom is 0.269 e. The molecule has 1 aliphatic rings. The van der Waals surface area contributed by atoms with Crippen LogP contribution in [0.3, 0.4) is 0 Å². The highest BCUT2D eigenvalue weighted by molar-refractivity contribution is 7.10. The first kappa shape index (κ1) is 14.3. The Hall–Kier alpha value is -1.66. The molecule has 112 valence electrons. The summed E-state index contributed by atoms with van der Waals surface area (Å²) in [5.41, 5.74) is 0.520. The molecular formula is C15H20N4OS. The van der Waals surface area contributed by atoms with E-state index in [9.17, 15) is 4.79 Å². The number of piperidine rings is 1. The van der Waals surface area contributed by atoms with E-state index >= 15 is 0 Å². The van der Waals surface area contributed by atoms with Gasteiger partial charge in [0.1, 0.15) is 5.69 Å². The average Bonchev–Trinajstić information content (AvgIpc) is 3.17. The van der Waals surface area contributed by atoms with Gasteiger partial charge in [-0.15, -0.1) is 11.3 Å². The van der Waals surface area contributed by atoms with E-state index in [1.165, 1.54) is 11.3 Å². The fourth-order valence-corrected chi connectivity index (χ4v) is 4.07. The largest absolute Gasteiger partial charge is 0.350 e. The normalized spacial score (nSPS) is 23.1. The number of carbonyl (C=O) groups excluding carboxylic acids is 1. The molecule has 2 N–H and O–H groups in total. The van der Waals surface area contributed by atoms with E-state index in [1.807, 2.05) is 0 Å². The van der Waals surface area contributed by atoms with Gasteiger partial charge < -0.3 is 5.32 Å². The summed E-state index contributed by atoms with van der Waals surface area (Å²) in [6, 6.07) is 6.39. The van der Waals surface area contributed by atoms with Crippen molar-refractivity contribution in [1.29, 1.82) is 0 Å². The average molecular weight is 304 g/mol. The maximum absolute atomic E-state index is 12.0. The number of nitrogens with one attached hydrogen (secondary N) is 2. The number of nitrogens with zero attached hydrogens (tertiary/aromatic N) is 2. The van der Waals surface area contributed by atoms with Gasteiger partial charge in [-0.1, -0.05) is 6.07 Å². The molecule has 3 rings (SSSR count). The monoisotopic (exact) mass is 304 g/mol. The number of aromatic amines is 1. The number of likely N-dealkylation sites (tertiary alicyclic amines) is 1. The first-order valence-corrected chi connectivity index (χ1v) is 8.15. The Morgan fingerprint density at radius 1 is 1.57 bits per heavy atom. The Labute approximate surface area is 128 Å². The van der Waals surface area contributed by atoms with Crippen LogP contribution in [0.15, 0.2) is 29.8 Å². The lowest BCUT2D eigenvalue weighted by molar-refractivity contribution is 0.0891. The summed E-state index contributed by atoms with van der Waals surface area (Å²) < 4.78 is 0. The van der Waals surface area contributed by atoms with E-state index in [-0.39, 0.29) is 5.91 Å². The second kappa shape index (κ2) is 6.41. The highest BCUT2D eigenvalue weighted by Gasteiger charge is 2.31. The number of rotatable bonds is 4. The SMILES string of the molecule is CN1CCC[C@H](CNC(=O)c2ccn[nH]2)[C@@H]1c1cccs1. The van der Waals surface area contributed by atoms with Crippen LogP contribution < -0.4 is 5.32 Å². The van der Waals surface area contributed by atoms with E-state index in [4.69, 9.17) is 0 Å². The molecule has 0 unspecified atom stereocenters. The van der Waals surface area contributed by atoms with Crippen LogP contribution in [0.25, 0.3) is 0 Å². The summed E-state index contributed by atoms with van der Waals surface area (Å²) in [5.74, 6) is 0.375. The summed E-state index contributed by atoms with van der Waals surface area (Å²) in [5, 5.41) is 11.7. The van der Waals surface area contributed by atoms with Gasteiger partial charge >= 0.3 is 0 Å². The molecule has 0 spiro atoms. The van der Waals surface area contributed by atoms with Crippen LogP contribution in [0, 0.1) is 5.92 Å². The van der Waals surface area contributed by atoms with Crippen molar-refractivity contribution in [3.05, 3.63) is 40.3 Å². The maximum atomic E-state index is 12.0. The molecule has 1 saturated heterocycles. The Kier molecular flexibility index (Phi) is 4.36. The zero-order valence-corrected chi connectivity index (χ0v) is 12.9. The van der Waals surface area contributed by atoms with Crippen molar-refractivity contribution >= 4 is 17.2 Å². The molecule has 5 nitrogen and oxygen atoms in total. The summed E-state index contributed by atoms with van der Waals surface area (Å²) in [7, 11) is 2.17. The first-order valence-electron chi connectivity index (χ1n) is 7.27. The molecule has 0 radical (unpaired) electrons. The fraction of sp³-hybridized carbons (Fsp3) is 0.467. The smallest absolute Gasteiger partial charge is 0.269 e. The minimum Gasteiger partial charge on any atom is -0.350 e. The highest BCUT2D eigenvalue weighted by atomic mass is 32.1. The minimum atomic E-state index is -0.0781. The molecule has 0 saturated carbocycles. The number of carbonyl (C=O) groups is 1. The Balaban J connectivity index is 1.66. The second-order valence-corrected chi connectivity index (χ2v) is 6.50. The van der Waals surface area contributed by atoms with Gasteiger partial charge in [-0.3, -0.25) is 14.8 Å². The fourth-order valence-electron chi connectivity index (χ4n) is 3.08. The third-order valence-corrected chi connectivity index (χ3v) is 5.05. The van der Waals surface area contributed by atoms with Crippen LogP contribution in [0.5, 0.6) is 0 Å². The molecule has 1 aliphatic heterocycles. The van der Waals surface area contributed by atoms with E-state index in [0.29, 0.717) is 24.2 Å². The van der Waals surface area contributed by atoms with E-state index in [2.05, 4.69) is 45.0 Å². The summed E-state index contributed by atoms with van der Waals surface area (Å²) >= 11 is 1.80. The highest BCUT2D eigenvalue weighted by Crippen LogP contribution is 2.36. The van der Waals surface area contributed by atoms with Gasteiger partial charge in [0.05, 0.1) is 0 Å². The number of H-pyrrole nitrogens is 1. The molecule has 2 atom stereocenters. The van der Waals surface area contributed by atoms with Gasteiger partial charge in [-0.25, -0.2) is 0 Å². The summed E-state index contributed by atoms with van der Waals surface area (Å²) in [4.78, 5) is 15.8. The van der Waals surface area contributed by atoms with Gasteiger partial charge in [0.25, 0.3) is 5.91 Å². The van der Waals surface area contributed by atoms with Crippen LogP contribution in [0.1, 0.15) is 34.2 Å². The van der Waals surface area contributed by atoms with Crippen molar-refractivity contribution in [1.82, 2.24) is 20.4 Å². The zero-order chi connectivity index (χ0) is 14.7. The van der Waals surface area contributed by atoms with Crippen LogP contribution in [-0.2, 0) is 0 Å². The predicted molar refractivity (Wildman–Crippen MR) is 83.3 cm³/mol. The Morgan fingerprint density at radius 2 is 2.48 bits per heavy atom. The molecule has 1 fully saturated rings. The number of amides is 1. The molecule has 6 heteroatoms. The molecule has 21 heavy (non-hydrogen) atoms. The molecule has 2 aromatic rings. The molecule has 0 aromatic carbocycles. The van der Waals surface area contributed by atoms with Crippen molar-refractivity contribution in [3.8, 4) is 0 Å². The lowest BCUT2D eigenvalue weighted by Crippen LogP contribution is -2.41. The number of thiophene rings is 1. The number of hydrogen-bond acceptors (Lipinski definition) is 4. The number of hydrogen-bond donors (Lipinski definition) is 2. The van der Waals surface area contributed by atoms with Crippen molar-refractivity contribution < 1.29 is 4.79 Å². The molecular weight excluding hydrogens is 284 g/mol. The van der Waals surface area contributed by atoms with Gasteiger partial charge in [0.2, 0.25) is 0 Å². The zero-order valence-electron chi connectivity index (χ0n) is 12.1. The Morgan fingerprint density at radius 3 is 3.19 bits per heavy atom. The molecule has 0 aliphatic carbocycles. The molecule has 1 amide bonds. The minimum absolute atomic E-state index is 0.0781. The first-order chi connectivity index (χ1) is 10.3. The molecule has 2 aromatic heterocycles.